The van der Waals surface area contributed by atoms with Gasteiger partial charge in [-0.1, -0.05) is 0 Å². The molecule has 0 unspecified atom stereocenters. The standard InChI is InChI=1S/C12H14N4O2/c1-7-14-9-6-8(4-5-10(9)15(7)2)16(3)12(18)11(13)17/h4-6H,1-3H3,(H2,13,17). The van der Waals surface area contributed by atoms with Crippen LogP contribution in [0.25, 0.3) is 11.0 Å². The van der Waals surface area contributed by atoms with Crippen LogP contribution in [0.5, 0.6) is 0 Å². The Morgan fingerprint density at radius 2 is 2.06 bits per heavy atom. The molecule has 0 aliphatic carbocycles. The summed E-state index contributed by atoms with van der Waals surface area (Å²) in [6.07, 6.45) is 0. The van der Waals surface area contributed by atoms with Gasteiger partial charge in [0.1, 0.15) is 5.82 Å². The van der Waals surface area contributed by atoms with Crippen LogP contribution >= 0.6 is 0 Å². The molecule has 1 aromatic carbocycles. The van der Waals surface area contributed by atoms with Crippen LogP contribution in [0.2, 0.25) is 0 Å². The molecule has 6 nitrogen and oxygen atoms in total. The van der Waals surface area contributed by atoms with Crippen molar-refractivity contribution < 1.29 is 9.59 Å². The Labute approximate surface area is 104 Å². The number of carbonyl (C=O) groups is 2. The zero-order chi connectivity index (χ0) is 13.4. The van der Waals surface area contributed by atoms with Gasteiger partial charge in [-0.3, -0.25) is 9.59 Å². The molecule has 2 aromatic rings. The Hall–Kier alpha value is -2.37. The monoisotopic (exact) mass is 246 g/mol. The van der Waals surface area contributed by atoms with Crippen molar-refractivity contribution >= 4 is 28.5 Å². The van der Waals surface area contributed by atoms with Gasteiger partial charge in [-0.25, -0.2) is 4.98 Å². The maximum atomic E-state index is 11.5. The van der Waals surface area contributed by atoms with E-state index in [9.17, 15) is 9.59 Å². The fourth-order valence-electron chi connectivity index (χ4n) is 1.80. The highest BCUT2D eigenvalue weighted by Gasteiger charge is 2.17. The fourth-order valence-corrected chi connectivity index (χ4v) is 1.80. The van der Waals surface area contributed by atoms with Gasteiger partial charge in [0.2, 0.25) is 0 Å². The van der Waals surface area contributed by atoms with E-state index in [2.05, 4.69) is 4.98 Å². The van der Waals surface area contributed by atoms with E-state index in [1.165, 1.54) is 11.9 Å². The third kappa shape index (κ3) is 1.81. The molecule has 0 radical (unpaired) electrons. The molecule has 18 heavy (non-hydrogen) atoms. The van der Waals surface area contributed by atoms with Crippen molar-refractivity contribution in [3.63, 3.8) is 0 Å². The molecule has 6 heteroatoms. The van der Waals surface area contributed by atoms with Crippen molar-refractivity contribution in [1.82, 2.24) is 9.55 Å². The number of nitrogens with zero attached hydrogens (tertiary/aromatic N) is 3. The van der Waals surface area contributed by atoms with E-state index >= 15 is 0 Å². The minimum absolute atomic E-state index is 0.587. The van der Waals surface area contributed by atoms with Gasteiger partial charge in [0.05, 0.1) is 11.0 Å². The predicted molar refractivity (Wildman–Crippen MR) is 68.1 cm³/mol. The summed E-state index contributed by atoms with van der Waals surface area (Å²) in [5, 5.41) is 0. The van der Waals surface area contributed by atoms with Gasteiger partial charge in [-0.15, -0.1) is 0 Å². The number of amides is 2. The van der Waals surface area contributed by atoms with Crippen molar-refractivity contribution in [1.29, 1.82) is 0 Å². The van der Waals surface area contributed by atoms with E-state index in [0.717, 1.165) is 16.9 Å². The number of benzene rings is 1. The summed E-state index contributed by atoms with van der Waals surface area (Å²) in [6, 6.07) is 5.36. The molecule has 0 atom stereocenters. The number of carbonyl (C=O) groups excluding carboxylic acids is 2. The molecule has 0 saturated heterocycles. The number of imidazole rings is 1. The summed E-state index contributed by atoms with van der Waals surface area (Å²) in [4.78, 5) is 27.9. The summed E-state index contributed by atoms with van der Waals surface area (Å²) < 4.78 is 1.95. The molecular weight excluding hydrogens is 232 g/mol. The number of aryl methyl sites for hydroxylation is 2. The van der Waals surface area contributed by atoms with Crippen molar-refractivity contribution in [3.05, 3.63) is 24.0 Å². The van der Waals surface area contributed by atoms with E-state index < -0.39 is 11.8 Å². The number of rotatable bonds is 1. The highest BCUT2D eigenvalue weighted by Crippen LogP contribution is 2.21. The van der Waals surface area contributed by atoms with Crippen LogP contribution in [0.15, 0.2) is 18.2 Å². The zero-order valence-electron chi connectivity index (χ0n) is 10.5. The molecule has 1 aromatic heterocycles. The molecule has 0 aliphatic heterocycles. The number of primary amides is 1. The second-order valence-electron chi connectivity index (χ2n) is 4.12. The van der Waals surface area contributed by atoms with Crippen molar-refractivity contribution in [2.45, 2.75) is 6.92 Å². The zero-order valence-corrected chi connectivity index (χ0v) is 10.5. The third-order valence-electron chi connectivity index (χ3n) is 2.99. The maximum absolute atomic E-state index is 11.5. The average Bonchev–Trinajstić information content (AvgIpc) is 2.62. The molecule has 0 saturated carbocycles. The van der Waals surface area contributed by atoms with Gasteiger partial charge < -0.3 is 15.2 Å². The van der Waals surface area contributed by atoms with Crippen LogP contribution in [-0.2, 0) is 16.6 Å². The van der Waals surface area contributed by atoms with Crippen LogP contribution in [0, 0.1) is 6.92 Å². The lowest BCUT2D eigenvalue weighted by molar-refractivity contribution is -0.135. The van der Waals surface area contributed by atoms with Gasteiger partial charge in [0.15, 0.2) is 0 Å². The summed E-state index contributed by atoms with van der Waals surface area (Å²) in [7, 11) is 3.42. The Bertz CT molecular complexity index is 645. The van der Waals surface area contributed by atoms with E-state index in [-0.39, 0.29) is 0 Å². The molecule has 0 bridgehead atoms. The number of anilines is 1. The first-order chi connectivity index (χ1) is 8.41. The van der Waals surface area contributed by atoms with Gasteiger partial charge in [-0.2, -0.15) is 0 Å². The molecule has 2 rings (SSSR count). The van der Waals surface area contributed by atoms with Crippen LogP contribution in [0.1, 0.15) is 5.82 Å². The quantitative estimate of drug-likeness (QED) is 0.736. The molecular formula is C12H14N4O2. The number of aromatic nitrogens is 2. The first-order valence-electron chi connectivity index (χ1n) is 5.42. The van der Waals surface area contributed by atoms with Crippen LogP contribution in [-0.4, -0.2) is 28.4 Å². The second-order valence-corrected chi connectivity index (χ2v) is 4.12. The summed E-state index contributed by atoms with van der Waals surface area (Å²) in [5.74, 6) is -0.845. The number of nitrogens with two attached hydrogens (primary N) is 1. The lowest BCUT2D eigenvalue weighted by atomic mass is 10.2. The maximum Gasteiger partial charge on any atom is 0.315 e. The number of likely N-dealkylation sites (N-methyl/N-ethyl adjacent to an activating group) is 1. The Morgan fingerprint density at radius 3 is 2.67 bits per heavy atom. The predicted octanol–water partition coefficient (Wildman–Crippen LogP) is 0.330. The number of fused-ring (bicyclic) bond motifs is 1. The third-order valence-corrected chi connectivity index (χ3v) is 2.99. The minimum Gasteiger partial charge on any atom is -0.361 e. The molecule has 0 aliphatic rings. The van der Waals surface area contributed by atoms with Crippen LogP contribution < -0.4 is 10.6 Å². The van der Waals surface area contributed by atoms with Crippen molar-refractivity contribution in [3.8, 4) is 0 Å². The van der Waals surface area contributed by atoms with Gasteiger partial charge in [0.25, 0.3) is 0 Å². The second kappa shape index (κ2) is 4.14. The van der Waals surface area contributed by atoms with E-state index in [1.807, 2.05) is 24.6 Å². The highest BCUT2D eigenvalue weighted by atomic mass is 16.2. The molecule has 0 spiro atoms. The minimum atomic E-state index is -0.977. The van der Waals surface area contributed by atoms with Crippen molar-refractivity contribution in [2.75, 3.05) is 11.9 Å². The van der Waals surface area contributed by atoms with Crippen LogP contribution in [0.3, 0.4) is 0 Å². The molecule has 2 amide bonds. The van der Waals surface area contributed by atoms with E-state index in [4.69, 9.17) is 5.73 Å². The average molecular weight is 246 g/mol. The summed E-state index contributed by atoms with van der Waals surface area (Å²) >= 11 is 0. The van der Waals surface area contributed by atoms with Gasteiger partial charge in [0, 0.05) is 19.8 Å². The fraction of sp³-hybridized carbons (Fsp3) is 0.250. The molecule has 2 N–H and O–H groups in total. The smallest absolute Gasteiger partial charge is 0.315 e. The Morgan fingerprint density at radius 1 is 1.39 bits per heavy atom. The topological polar surface area (TPSA) is 81.2 Å². The number of hydrogen-bond acceptors (Lipinski definition) is 3. The lowest BCUT2D eigenvalue weighted by Gasteiger charge is -2.14. The first-order valence-corrected chi connectivity index (χ1v) is 5.42. The van der Waals surface area contributed by atoms with Crippen LogP contribution in [0.4, 0.5) is 5.69 Å². The van der Waals surface area contributed by atoms with Gasteiger partial charge >= 0.3 is 11.8 Å². The largest absolute Gasteiger partial charge is 0.361 e. The Balaban J connectivity index is 2.47. The Kier molecular flexibility index (Phi) is 2.78. The SMILES string of the molecule is Cc1nc2cc(N(C)C(=O)C(N)=O)ccc2n1C. The number of hydrogen-bond donors (Lipinski definition) is 1. The normalized spacial score (nSPS) is 10.6. The first kappa shape index (κ1) is 12.1. The van der Waals surface area contributed by atoms with Crippen molar-refractivity contribution in [2.24, 2.45) is 12.8 Å². The van der Waals surface area contributed by atoms with Gasteiger partial charge in [-0.05, 0) is 25.1 Å². The molecule has 0 fully saturated rings. The lowest BCUT2D eigenvalue weighted by Crippen LogP contribution is -2.37. The highest BCUT2D eigenvalue weighted by molar-refractivity contribution is 6.39. The van der Waals surface area contributed by atoms with E-state index in [1.54, 1.807) is 12.1 Å². The summed E-state index contributed by atoms with van der Waals surface area (Å²) in [5.41, 5.74) is 7.30. The molecule has 1 heterocycles. The van der Waals surface area contributed by atoms with E-state index in [0.29, 0.717) is 5.69 Å². The molecule has 94 valence electrons. The summed E-state index contributed by atoms with van der Waals surface area (Å²) in [6.45, 7) is 1.90.